The number of nitrogens with zero attached hydrogens (tertiary/aromatic N) is 1. The molecule has 0 aliphatic carbocycles. The number of esters is 1. The van der Waals surface area contributed by atoms with Crippen molar-refractivity contribution in [1.29, 1.82) is 0 Å². The highest BCUT2D eigenvalue weighted by Gasteiger charge is 2.13. The predicted octanol–water partition coefficient (Wildman–Crippen LogP) is 3.91. The molecule has 0 aliphatic heterocycles. The average molecular weight is 344 g/mol. The third-order valence-corrected chi connectivity index (χ3v) is 4.69. The maximum Gasteiger partial charge on any atom is 0.337 e. The van der Waals surface area contributed by atoms with Crippen LogP contribution in [0.1, 0.15) is 20.7 Å². The molecule has 2 heterocycles. The van der Waals surface area contributed by atoms with Gasteiger partial charge in [-0.25, -0.2) is 9.78 Å². The maximum absolute atomic E-state index is 12.3. The number of thiazole rings is 1. The van der Waals surface area contributed by atoms with Gasteiger partial charge in [-0.2, -0.15) is 0 Å². The molecule has 0 saturated heterocycles. The van der Waals surface area contributed by atoms with Crippen molar-refractivity contribution < 1.29 is 14.3 Å². The van der Waals surface area contributed by atoms with Gasteiger partial charge in [-0.3, -0.25) is 10.1 Å². The smallest absolute Gasteiger partial charge is 0.337 e. The van der Waals surface area contributed by atoms with E-state index in [1.165, 1.54) is 24.5 Å². The molecule has 1 amide bonds. The van der Waals surface area contributed by atoms with Gasteiger partial charge < -0.3 is 4.74 Å². The summed E-state index contributed by atoms with van der Waals surface area (Å²) in [6, 6.07) is 10.3. The minimum absolute atomic E-state index is 0.317. The first-order valence-corrected chi connectivity index (χ1v) is 8.42. The number of rotatable bonds is 4. The average Bonchev–Trinajstić information content (AvgIpc) is 3.25. The van der Waals surface area contributed by atoms with E-state index in [9.17, 15) is 9.59 Å². The van der Waals surface area contributed by atoms with E-state index < -0.39 is 5.97 Å². The van der Waals surface area contributed by atoms with Crippen molar-refractivity contribution in [3.05, 3.63) is 58.3 Å². The molecule has 0 atom stereocenters. The molecule has 0 bridgehead atoms. The molecule has 2 aromatic heterocycles. The summed E-state index contributed by atoms with van der Waals surface area (Å²) < 4.78 is 4.65. The topological polar surface area (TPSA) is 68.3 Å². The van der Waals surface area contributed by atoms with Crippen molar-refractivity contribution in [3.63, 3.8) is 0 Å². The molecule has 1 N–H and O–H groups in total. The highest BCUT2D eigenvalue weighted by atomic mass is 32.1. The zero-order chi connectivity index (χ0) is 16.2. The van der Waals surface area contributed by atoms with Gasteiger partial charge in [0, 0.05) is 10.9 Å². The van der Waals surface area contributed by atoms with E-state index in [2.05, 4.69) is 15.0 Å². The van der Waals surface area contributed by atoms with Crippen LogP contribution in [0.4, 0.5) is 5.13 Å². The van der Waals surface area contributed by atoms with E-state index in [0.717, 1.165) is 10.6 Å². The van der Waals surface area contributed by atoms with Crippen LogP contribution in [0.5, 0.6) is 0 Å². The maximum atomic E-state index is 12.3. The number of ether oxygens (including phenoxy) is 1. The number of thiophene rings is 1. The minimum atomic E-state index is -0.478. The molecular weight excluding hydrogens is 332 g/mol. The molecule has 5 nitrogen and oxygen atoms in total. The molecule has 3 rings (SSSR count). The molecule has 116 valence electrons. The molecule has 1 aromatic carbocycles. The molecule has 0 fully saturated rings. The Hall–Kier alpha value is -2.51. The molecule has 23 heavy (non-hydrogen) atoms. The molecule has 7 heteroatoms. The van der Waals surface area contributed by atoms with Crippen LogP contribution in [0.2, 0.25) is 0 Å². The van der Waals surface area contributed by atoms with E-state index in [1.54, 1.807) is 29.5 Å². The number of aromatic nitrogens is 1. The van der Waals surface area contributed by atoms with Crippen LogP contribution >= 0.6 is 22.7 Å². The summed E-state index contributed by atoms with van der Waals surface area (Å²) in [7, 11) is 1.30. The third kappa shape index (κ3) is 3.46. The number of carbonyl (C=O) groups is 2. The van der Waals surface area contributed by atoms with Crippen molar-refractivity contribution in [2.24, 2.45) is 0 Å². The Morgan fingerprint density at radius 3 is 2.70 bits per heavy atom. The fourth-order valence-electron chi connectivity index (χ4n) is 1.94. The van der Waals surface area contributed by atoms with E-state index in [4.69, 9.17) is 0 Å². The number of anilines is 1. The number of hydrogen-bond acceptors (Lipinski definition) is 6. The van der Waals surface area contributed by atoms with Gasteiger partial charge in [-0.05, 0) is 29.6 Å². The number of methoxy groups -OCH3 is 1. The zero-order valence-electron chi connectivity index (χ0n) is 12.1. The second-order valence-electron chi connectivity index (χ2n) is 4.54. The second-order valence-corrected chi connectivity index (χ2v) is 6.35. The Kier molecular flexibility index (Phi) is 4.50. The zero-order valence-corrected chi connectivity index (χ0v) is 13.7. The first kappa shape index (κ1) is 15.4. The van der Waals surface area contributed by atoms with Crippen LogP contribution in [-0.2, 0) is 4.74 Å². The number of amides is 1. The Morgan fingerprint density at radius 1 is 1.13 bits per heavy atom. The van der Waals surface area contributed by atoms with Crippen molar-refractivity contribution in [3.8, 4) is 10.6 Å². The van der Waals surface area contributed by atoms with Crippen LogP contribution in [0.3, 0.4) is 0 Å². The quantitative estimate of drug-likeness (QED) is 0.729. The van der Waals surface area contributed by atoms with E-state index in [1.807, 2.05) is 22.9 Å². The number of nitrogens with one attached hydrogen (secondary N) is 1. The second kappa shape index (κ2) is 6.72. The summed E-state index contributed by atoms with van der Waals surface area (Å²) in [4.78, 5) is 29.2. The van der Waals surface area contributed by atoms with Gasteiger partial charge in [0.2, 0.25) is 0 Å². The highest BCUT2D eigenvalue weighted by Crippen LogP contribution is 2.28. The summed E-state index contributed by atoms with van der Waals surface area (Å²) in [6.07, 6.45) is 0. The summed E-state index contributed by atoms with van der Waals surface area (Å²) >= 11 is 2.95. The largest absolute Gasteiger partial charge is 0.465 e. The summed E-state index contributed by atoms with van der Waals surface area (Å²) in [5.74, 6) is -0.795. The fourth-order valence-corrected chi connectivity index (χ4v) is 3.41. The highest BCUT2D eigenvalue weighted by molar-refractivity contribution is 7.16. The first-order chi connectivity index (χ1) is 11.2. The summed E-state index contributed by atoms with van der Waals surface area (Å²) in [5.41, 5.74) is 1.54. The fraction of sp³-hybridized carbons (Fsp3) is 0.0625. The lowest BCUT2D eigenvalue weighted by molar-refractivity contribution is 0.0600. The Balaban J connectivity index is 1.76. The number of carbonyl (C=O) groups excluding carboxylic acids is 2. The van der Waals surface area contributed by atoms with Crippen molar-refractivity contribution in [2.45, 2.75) is 0 Å². The van der Waals surface area contributed by atoms with Gasteiger partial charge >= 0.3 is 5.97 Å². The van der Waals surface area contributed by atoms with Crippen molar-refractivity contribution in [2.75, 3.05) is 12.4 Å². The van der Waals surface area contributed by atoms with Crippen molar-refractivity contribution in [1.82, 2.24) is 4.98 Å². The standard InChI is InChI=1S/C16H12N2O3S2/c1-21-15(20)11-5-2-4-10(8-11)14(19)18-16-17-12(9-23-16)13-6-3-7-22-13/h2-9H,1H3,(H,17,18,19). The molecule has 0 spiro atoms. The van der Waals surface area contributed by atoms with E-state index >= 15 is 0 Å². The normalized spacial score (nSPS) is 10.3. The van der Waals surface area contributed by atoms with Crippen LogP contribution < -0.4 is 5.32 Å². The van der Waals surface area contributed by atoms with Crippen LogP contribution in [0, 0.1) is 0 Å². The summed E-state index contributed by atoms with van der Waals surface area (Å²) in [5, 5.41) is 7.13. The van der Waals surface area contributed by atoms with Gasteiger partial charge in [0.05, 0.1) is 23.2 Å². The summed E-state index contributed by atoms with van der Waals surface area (Å²) in [6.45, 7) is 0. The minimum Gasteiger partial charge on any atom is -0.465 e. The van der Waals surface area contributed by atoms with Crippen molar-refractivity contribution >= 4 is 39.7 Å². The van der Waals surface area contributed by atoms with E-state index in [0.29, 0.717) is 16.3 Å². The van der Waals surface area contributed by atoms with Gasteiger partial charge in [-0.15, -0.1) is 22.7 Å². The van der Waals surface area contributed by atoms with Crippen LogP contribution in [-0.4, -0.2) is 24.0 Å². The number of hydrogen-bond donors (Lipinski definition) is 1. The van der Waals surface area contributed by atoms with Gasteiger partial charge in [0.1, 0.15) is 0 Å². The molecule has 3 aromatic rings. The Morgan fingerprint density at radius 2 is 1.96 bits per heavy atom. The SMILES string of the molecule is COC(=O)c1cccc(C(=O)Nc2nc(-c3cccs3)cs2)c1. The van der Waals surface area contributed by atoms with Gasteiger partial charge in [0.25, 0.3) is 5.91 Å². The van der Waals surface area contributed by atoms with E-state index in [-0.39, 0.29) is 5.91 Å². The molecule has 0 saturated carbocycles. The predicted molar refractivity (Wildman–Crippen MR) is 91.2 cm³/mol. The molecule has 0 aliphatic rings. The molecule has 0 radical (unpaired) electrons. The molecular formula is C16H12N2O3S2. The van der Waals surface area contributed by atoms with Gasteiger partial charge in [0.15, 0.2) is 5.13 Å². The lowest BCUT2D eigenvalue weighted by Gasteiger charge is -2.04. The first-order valence-electron chi connectivity index (χ1n) is 6.66. The Labute approximate surface area is 140 Å². The number of benzene rings is 1. The van der Waals surface area contributed by atoms with Crippen LogP contribution in [0.25, 0.3) is 10.6 Å². The molecule has 0 unspecified atom stereocenters. The third-order valence-electron chi connectivity index (χ3n) is 3.04. The lowest BCUT2D eigenvalue weighted by atomic mass is 10.1. The van der Waals surface area contributed by atoms with Crippen LogP contribution in [0.15, 0.2) is 47.2 Å². The Bertz CT molecular complexity index is 841. The monoisotopic (exact) mass is 344 g/mol. The van der Waals surface area contributed by atoms with Gasteiger partial charge in [-0.1, -0.05) is 12.1 Å². The lowest BCUT2D eigenvalue weighted by Crippen LogP contribution is -2.13.